The Bertz CT molecular complexity index is 815. The molecule has 5 heteroatoms. The molecule has 0 fully saturated rings. The van der Waals surface area contributed by atoms with Crippen LogP contribution in [0.2, 0.25) is 0 Å². The van der Waals surface area contributed by atoms with Crippen molar-refractivity contribution in [3.8, 4) is 17.2 Å². The van der Waals surface area contributed by atoms with Crippen molar-refractivity contribution in [2.24, 2.45) is 0 Å². The Hall–Kier alpha value is -2.82. The maximum Gasteiger partial charge on any atom is 0.203 e. The maximum atomic E-state index is 5.51. The van der Waals surface area contributed by atoms with Gasteiger partial charge in [-0.15, -0.1) is 0 Å². The quantitative estimate of drug-likeness (QED) is 0.642. The number of aromatic amines is 1. The van der Waals surface area contributed by atoms with Crippen LogP contribution in [0.4, 0.5) is 5.69 Å². The molecule has 0 aliphatic carbocycles. The standard InChI is InChI=1S/C21H26N2O3/c1-5-10-23(14-16-11-15-8-6-7-9-18(15)22-16)17-12-19(24-2)21(26-4)20(13-17)25-3/h6-9,11-13,22H,5,10,14H2,1-4H3. The first kappa shape index (κ1) is 18.0. The number of para-hydroxylation sites is 1. The molecule has 0 atom stereocenters. The molecule has 0 radical (unpaired) electrons. The first-order valence-electron chi connectivity index (χ1n) is 8.81. The maximum absolute atomic E-state index is 5.51. The number of benzene rings is 2. The van der Waals surface area contributed by atoms with Crippen LogP contribution in [-0.4, -0.2) is 32.9 Å². The number of anilines is 1. The molecule has 0 aliphatic rings. The molecule has 0 unspecified atom stereocenters. The van der Waals surface area contributed by atoms with Crippen LogP contribution >= 0.6 is 0 Å². The predicted molar refractivity (Wildman–Crippen MR) is 106 cm³/mol. The lowest BCUT2D eigenvalue weighted by Crippen LogP contribution is -2.23. The number of methoxy groups -OCH3 is 3. The molecule has 0 saturated carbocycles. The smallest absolute Gasteiger partial charge is 0.203 e. The van der Waals surface area contributed by atoms with E-state index in [0.29, 0.717) is 17.2 Å². The van der Waals surface area contributed by atoms with Gasteiger partial charge in [0.2, 0.25) is 5.75 Å². The van der Waals surface area contributed by atoms with Crippen LogP contribution in [0.1, 0.15) is 19.0 Å². The molecule has 0 saturated heterocycles. The minimum Gasteiger partial charge on any atom is -0.493 e. The van der Waals surface area contributed by atoms with Crippen molar-refractivity contribution in [2.45, 2.75) is 19.9 Å². The molecule has 26 heavy (non-hydrogen) atoms. The second-order valence-electron chi connectivity index (χ2n) is 6.19. The summed E-state index contributed by atoms with van der Waals surface area (Å²) in [6, 6.07) is 14.5. The van der Waals surface area contributed by atoms with Crippen LogP contribution in [-0.2, 0) is 6.54 Å². The Morgan fingerprint density at radius 3 is 2.19 bits per heavy atom. The van der Waals surface area contributed by atoms with Crippen molar-refractivity contribution in [1.82, 2.24) is 4.98 Å². The zero-order valence-electron chi connectivity index (χ0n) is 15.8. The van der Waals surface area contributed by atoms with Gasteiger partial charge in [-0.3, -0.25) is 0 Å². The molecule has 1 heterocycles. The van der Waals surface area contributed by atoms with Crippen molar-refractivity contribution < 1.29 is 14.2 Å². The molecular weight excluding hydrogens is 328 g/mol. The summed E-state index contributed by atoms with van der Waals surface area (Å²) in [5.41, 5.74) is 3.37. The van der Waals surface area contributed by atoms with E-state index in [1.807, 2.05) is 18.2 Å². The minimum absolute atomic E-state index is 0.612. The van der Waals surface area contributed by atoms with E-state index in [0.717, 1.165) is 30.7 Å². The summed E-state index contributed by atoms with van der Waals surface area (Å²) < 4.78 is 16.4. The van der Waals surface area contributed by atoms with Crippen molar-refractivity contribution >= 4 is 16.6 Å². The Balaban J connectivity index is 1.96. The number of ether oxygens (including phenoxy) is 3. The average Bonchev–Trinajstić information content (AvgIpc) is 3.08. The van der Waals surface area contributed by atoms with E-state index in [9.17, 15) is 0 Å². The molecule has 0 bridgehead atoms. The zero-order chi connectivity index (χ0) is 18.5. The first-order valence-corrected chi connectivity index (χ1v) is 8.81. The van der Waals surface area contributed by atoms with E-state index in [2.05, 4.69) is 41.1 Å². The molecule has 0 amide bonds. The van der Waals surface area contributed by atoms with Crippen LogP contribution in [0.15, 0.2) is 42.5 Å². The minimum atomic E-state index is 0.612. The monoisotopic (exact) mass is 354 g/mol. The lowest BCUT2D eigenvalue weighted by atomic mass is 10.2. The van der Waals surface area contributed by atoms with Gasteiger partial charge in [0, 0.05) is 35.6 Å². The van der Waals surface area contributed by atoms with Gasteiger partial charge in [0.25, 0.3) is 0 Å². The number of nitrogens with zero attached hydrogens (tertiary/aromatic N) is 1. The fraction of sp³-hybridized carbons (Fsp3) is 0.333. The van der Waals surface area contributed by atoms with Gasteiger partial charge in [0.05, 0.1) is 27.9 Å². The molecule has 0 spiro atoms. The van der Waals surface area contributed by atoms with Gasteiger partial charge in [-0.1, -0.05) is 25.1 Å². The molecule has 1 N–H and O–H groups in total. The number of fused-ring (bicyclic) bond motifs is 1. The highest BCUT2D eigenvalue weighted by Gasteiger charge is 2.17. The van der Waals surface area contributed by atoms with Crippen LogP contribution in [0, 0.1) is 0 Å². The number of rotatable bonds is 8. The lowest BCUT2D eigenvalue weighted by Gasteiger charge is -2.25. The average molecular weight is 354 g/mol. The SMILES string of the molecule is CCCN(Cc1cc2ccccc2[nH]1)c1cc(OC)c(OC)c(OC)c1. The van der Waals surface area contributed by atoms with Crippen LogP contribution in [0.5, 0.6) is 17.2 Å². The van der Waals surface area contributed by atoms with E-state index in [1.165, 1.54) is 11.1 Å². The van der Waals surface area contributed by atoms with Crippen LogP contribution in [0.3, 0.4) is 0 Å². The summed E-state index contributed by atoms with van der Waals surface area (Å²) in [6.45, 7) is 3.88. The summed E-state index contributed by atoms with van der Waals surface area (Å²) in [5, 5.41) is 1.23. The third-order valence-electron chi connectivity index (χ3n) is 4.46. The summed E-state index contributed by atoms with van der Waals surface area (Å²) in [5.74, 6) is 1.94. The summed E-state index contributed by atoms with van der Waals surface area (Å²) >= 11 is 0. The van der Waals surface area contributed by atoms with Gasteiger partial charge in [0.1, 0.15) is 0 Å². The van der Waals surface area contributed by atoms with E-state index < -0.39 is 0 Å². The second-order valence-corrected chi connectivity index (χ2v) is 6.19. The number of hydrogen-bond acceptors (Lipinski definition) is 4. The Morgan fingerprint density at radius 1 is 0.923 bits per heavy atom. The van der Waals surface area contributed by atoms with Crippen molar-refractivity contribution in [2.75, 3.05) is 32.8 Å². The van der Waals surface area contributed by atoms with Crippen molar-refractivity contribution in [3.05, 3.63) is 48.2 Å². The van der Waals surface area contributed by atoms with Gasteiger partial charge in [0.15, 0.2) is 11.5 Å². The van der Waals surface area contributed by atoms with E-state index in [-0.39, 0.29) is 0 Å². The highest BCUT2D eigenvalue weighted by atomic mass is 16.5. The van der Waals surface area contributed by atoms with E-state index in [1.54, 1.807) is 21.3 Å². The van der Waals surface area contributed by atoms with Crippen LogP contribution < -0.4 is 19.1 Å². The first-order chi connectivity index (χ1) is 12.7. The Morgan fingerprint density at radius 2 is 1.62 bits per heavy atom. The third-order valence-corrected chi connectivity index (χ3v) is 4.46. The zero-order valence-corrected chi connectivity index (χ0v) is 15.8. The largest absolute Gasteiger partial charge is 0.493 e. The van der Waals surface area contributed by atoms with Gasteiger partial charge >= 0.3 is 0 Å². The second kappa shape index (κ2) is 8.04. The summed E-state index contributed by atoms with van der Waals surface area (Å²) in [4.78, 5) is 5.82. The molecular formula is C21H26N2O3. The summed E-state index contributed by atoms with van der Waals surface area (Å²) in [6.07, 6.45) is 1.04. The van der Waals surface area contributed by atoms with Gasteiger partial charge in [-0.25, -0.2) is 0 Å². The highest BCUT2D eigenvalue weighted by molar-refractivity contribution is 5.80. The molecule has 5 nitrogen and oxygen atoms in total. The third kappa shape index (κ3) is 3.57. The Labute approximate surface area is 154 Å². The van der Waals surface area contributed by atoms with Crippen molar-refractivity contribution in [1.29, 1.82) is 0 Å². The number of aromatic nitrogens is 1. The van der Waals surface area contributed by atoms with E-state index >= 15 is 0 Å². The van der Waals surface area contributed by atoms with Crippen molar-refractivity contribution in [3.63, 3.8) is 0 Å². The summed E-state index contributed by atoms with van der Waals surface area (Å²) in [7, 11) is 4.90. The molecule has 3 rings (SSSR count). The van der Waals surface area contributed by atoms with Gasteiger partial charge in [-0.2, -0.15) is 0 Å². The van der Waals surface area contributed by atoms with Crippen LogP contribution in [0.25, 0.3) is 10.9 Å². The molecule has 1 aromatic heterocycles. The fourth-order valence-electron chi connectivity index (χ4n) is 3.24. The number of hydrogen-bond donors (Lipinski definition) is 1. The van der Waals surface area contributed by atoms with E-state index in [4.69, 9.17) is 14.2 Å². The Kier molecular flexibility index (Phi) is 5.56. The molecule has 138 valence electrons. The lowest BCUT2D eigenvalue weighted by molar-refractivity contribution is 0.324. The van der Waals surface area contributed by atoms with Gasteiger partial charge in [-0.05, 0) is 23.9 Å². The molecule has 3 aromatic rings. The van der Waals surface area contributed by atoms with Gasteiger partial charge < -0.3 is 24.1 Å². The normalized spacial score (nSPS) is 10.8. The molecule has 2 aromatic carbocycles. The topological polar surface area (TPSA) is 46.7 Å². The number of H-pyrrole nitrogens is 1. The predicted octanol–water partition coefficient (Wildman–Crippen LogP) is 4.61. The molecule has 0 aliphatic heterocycles. The fourth-order valence-corrected chi connectivity index (χ4v) is 3.24. The number of nitrogens with one attached hydrogen (secondary N) is 1. The highest BCUT2D eigenvalue weighted by Crippen LogP contribution is 2.41.